The lowest BCUT2D eigenvalue weighted by atomic mass is 9.79. The topological polar surface area (TPSA) is 116 Å². The predicted octanol–water partition coefficient (Wildman–Crippen LogP) is 4.66. The van der Waals surface area contributed by atoms with E-state index >= 15 is 0 Å². The highest BCUT2D eigenvalue weighted by Gasteiger charge is 2.48. The fourth-order valence-electron chi connectivity index (χ4n) is 6.00. The molecule has 0 radical (unpaired) electrons. The smallest absolute Gasteiger partial charge is 0.335 e. The summed E-state index contributed by atoms with van der Waals surface area (Å²) in [7, 11) is -3.70. The molecule has 9 heteroatoms. The fraction of sp³-hybridized carbons (Fsp3) is 0.607. The minimum absolute atomic E-state index is 0.0898. The Labute approximate surface area is 220 Å². The van der Waals surface area contributed by atoms with Gasteiger partial charge >= 0.3 is 5.97 Å². The molecule has 1 saturated heterocycles. The first kappa shape index (κ1) is 27.5. The highest BCUT2D eigenvalue weighted by Crippen LogP contribution is 2.37. The number of nitrogens with zero attached hydrogens (tertiary/aromatic N) is 2. The number of carbonyl (C=O) groups excluding carboxylic acids is 1. The van der Waals surface area contributed by atoms with Gasteiger partial charge in [0.15, 0.2) is 0 Å². The first-order valence-corrected chi connectivity index (χ1v) is 15.0. The van der Waals surface area contributed by atoms with Crippen LogP contribution in [-0.2, 0) is 14.8 Å². The van der Waals surface area contributed by atoms with Gasteiger partial charge in [-0.3, -0.25) is 9.79 Å². The van der Waals surface area contributed by atoms with E-state index in [4.69, 9.17) is 4.99 Å². The summed E-state index contributed by atoms with van der Waals surface area (Å²) >= 11 is 0. The Morgan fingerprint density at radius 1 is 1.16 bits per heavy atom. The number of aryl methyl sites for hydroxylation is 2. The van der Waals surface area contributed by atoms with Crippen LogP contribution in [0.2, 0.25) is 0 Å². The standard InChI is InChI=1S/C28H39N3O5S/c1-4-5-6-21-7-9-22(10-8-21)25-29-27(34)28(30-25)12-14-31(15-13-28)37(35,36)16-11-24-19(2)17-23(26(32)33)18-20(24)3/h11,16-18,21-22H,4-10,12-15H2,1-3H3,(H,32,33)(H,29,30,34)/b16-11+. The maximum absolute atomic E-state index is 13.1. The normalized spacial score (nSPS) is 24.4. The zero-order valence-corrected chi connectivity index (χ0v) is 22.9. The summed E-state index contributed by atoms with van der Waals surface area (Å²) in [5.74, 6) is 0.786. The van der Waals surface area contributed by atoms with Gasteiger partial charge in [-0.05, 0) is 93.2 Å². The van der Waals surface area contributed by atoms with E-state index in [2.05, 4.69) is 12.2 Å². The van der Waals surface area contributed by atoms with Crippen LogP contribution < -0.4 is 5.32 Å². The number of amides is 1. The summed E-state index contributed by atoms with van der Waals surface area (Å²) in [4.78, 5) is 29.1. The van der Waals surface area contributed by atoms with Crippen molar-refractivity contribution in [3.8, 4) is 0 Å². The molecule has 0 bridgehead atoms. The quantitative estimate of drug-likeness (QED) is 0.508. The number of aromatic carboxylic acids is 1. The maximum atomic E-state index is 13.1. The zero-order chi connectivity index (χ0) is 26.8. The van der Waals surface area contributed by atoms with E-state index in [1.807, 2.05) is 0 Å². The molecule has 0 aromatic heterocycles. The molecule has 1 aliphatic carbocycles. The fourth-order valence-corrected chi connectivity index (χ4v) is 7.17. The number of benzene rings is 1. The molecule has 1 amide bonds. The summed E-state index contributed by atoms with van der Waals surface area (Å²) in [6.45, 7) is 6.22. The number of aliphatic imine (C=N–C) groups is 1. The number of hydrogen-bond acceptors (Lipinski definition) is 5. The largest absolute Gasteiger partial charge is 0.478 e. The van der Waals surface area contributed by atoms with Crippen LogP contribution in [0.1, 0.15) is 91.8 Å². The van der Waals surface area contributed by atoms with Crippen molar-refractivity contribution in [1.82, 2.24) is 9.62 Å². The molecule has 2 N–H and O–H groups in total. The van der Waals surface area contributed by atoms with Gasteiger partial charge in [0.05, 0.1) is 5.56 Å². The summed E-state index contributed by atoms with van der Waals surface area (Å²) in [5, 5.41) is 13.5. The molecular weight excluding hydrogens is 490 g/mol. The van der Waals surface area contributed by atoms with Gasteiger partial charge in [0.1, 0.15) is 11.4 Å². The molecule has 1 aromatic rings. The number of amidine groups is 1. The second-order valence-corrected chi connectivity index (χ2v) is 12.7. The second kappa shape index (κ2) is 11.1. The first-order chi connectivity index (χ1) is 17.5. The van der Waals surface area contributed by atoms with Crippen LogP contribution in [0.5, 0.6) is 0 Å². The number of carboxylic acids is 1. The van der Waals surface area contributed by atoms with Crippen LogP contribution in [-0.4, -0.2) is 54.2 Å². The van der Waals surface area contributed by atoms with Crippen molar-refractivity contribution < 1.29 is 23.1 Å². The third-order valence-electron chi connectivity index (χ3n) is 8.35. The van der Waals surface area contributed by atoms with Crippen LogP contribution in [0.25, 0.3) is 6.08 Å². The van der Waals surface area contributed by atoms with E-state index < -0.39 is 21.5 Å². The lowest BCUT2D eigenvalue weighted by molar-refractivity contribution is -0.125. The SMILES string of the molecule is CCCCC1CCC(C2=NC3(CCN(S(=O)(=O)/C=C/c4c(C)cc(C(=O)O)cc4C)CC3)C(=O)N2)CC1. The number of sulfonamides is 1. The number of rotatable bonds is 8. The number of piperidine rings is 1. The summed E-state index contributed by atoms with van der Waals surface area (Å²) < 4.78 is 27.5. The van der Waals surface area contributed by atoms with Crippen molar-refractivity contribution in [2.75, 3.05) is 13.1 Å². The highest BCUT2D eigenvalue weighted by atomic mass is 32.2. The Hall–Kier alpha value is -2.52. The van der Waals surface area contributed by atoms with Crippen molar-refractivity contribution in [1.29, 1.82) is 0 Å². The molecule has 0 unspecified atom stereocenters. The maximum Gasteiger partial charge on any atom is 0.335 e. The lowest BCUT2D eigenvalue weighted by Crippen LogP contribution is -2.50. The molecule has 37 heavy (non-hydrogen) atoms. The van der Waals surface area contributed by atoms with Crippen molar-refractivity contribution >= 4 is 33.8 Å². The van der Waals surface area contributed by atoms with Crippen molar-refractivity contribution in [3.63, 3.8) is 0 Å². The minimum Gasteiger partial charge on any atom is -0.478 e. The third-order valence-corrected chi connectivity index (χ3v) is 9.92. The molecule has 1 aromatic carbocycles. The van der Waals surface area contributed by atoms with Crippen LogP contribution in [0, 0.1) is 25.7 Å². The Morgan fingerprint density at radius 2 is 1.78 bits per heavy atom. The Bertz CT molecular complexity index is 1180. The molecule has 2 aliphatic heterocycles. The third kappa shape index (κ3) is 5.98. The van der Waals surface area contributed by atoms with Crippen molar-refractivity contribution in [2.24, 2.45) is 16.8 Å². The average Bonchev–Trinajstić information content (AvgIpc) is 3.17. The summed E-state index contributed by atoms with van der Waals surface area (Å²) in [5.41, 5.74) is 1.41. The highest BCUT2D eigenvalue weighted by molar-refractivity contribution is 7.92. The number of hydrogen-bond donors (Lipinski definition) is 2. The Balaban J connectivity index is 1.39. The van der Waals surface area contributed by atoms with Gasteiger partial charge in [-0.1, -0.05) is 26.2 Å². The Kier molecular flexibility index (Phi) is 8.23. The number of nitrogens with one attached hydrogen (secondary N) is 1. The van der Waals surface area contributed by atoms with Crippen LogP contribution in [0.3, 0.4) is 0 Å². The van der Waals surface area contributed by atoms with Gasteiger partial charge in [0.2, 0.25) is 10.0 Å². The summed E-state index contributed by atoms with van der Waals surface area (Å²) in [6.07, 6.45) is 10.5. The first-order valence-electron chi connectivity index (χ1n) is 13.5. The van der Waals surface area contributed by atoms with Gasteiger partial charge in [-0.15, -0.1) is 0 Å². The molecule has 202 valence electrons. The van der Waals surface area contributed by atoms with E-state index in [1.165, 1.54) is 60.0 Å². The van der Waals surface area contributed by atoms with E-state index in [1.54, 1.807) is 13.8 Å². The Morgan fingerprint density at radius 3 is 2.35 bits per heavy atom. The monoisotopic (exact) mass is 529 g/mol. The van der Waals surface area contributed by atoms with Crippen LogP contribution in [0.15, 0.2) is 22.5 Å². The molecule has 4 rings (SSSR count). The molecular formula is C28H39N3O5S. The van der Waals surface area contributed by atoms with Crippen molar-refractivity contribution in [2.45, 2.75) is 84.1 Å². The van der Waals surface area contributed by atoms with Crippen molar-refractivity contribution in [3.05, 3.63) is 39.8 Å². The van der Waals surface area contributed by atoms with Crippen LogP contribution >= 0.6 is 0 Å². The molecule has 1 saturated carbocycles. The minimum atomic E-state index is -3.70. The molecule has 3 aliphatic rings. The van der Waals surface area contributed by atoms with E-state index in [-0.39, 0.29) is 24.6 Å². The van der Waals surface area contributed by atoms with E-state index in [9.17, 15) is 23.1 Å². The molecule has 2 heterocycles. The van der Waals surface area contributed by atoms with Gasteiger partial charge in [-0.2, -0.15) is 4.31 Å². The van der Waals surface area contributed by atoms with Gasteiger partial charge in [-0.25, -0.2) is 13.2 Å². The zero-order valence-electron chi connectivity index (χ0n) is 22.1. The van der Waals surface area contributed by atoms with Crippen LogP contribution in [0.4, 0.5) is 0 Å². The number of carbonyl (C=O) groups is 2. The average molecular weight is 530 g/mol. The summed E-state index contributed by atoms with van der Waals surface area (Å²) in [6, 6.07) is 3.08. The molecule has 8 nitrogen and oxygen atoms in total. The number of unbranched alkanes of at least 4 members (excludes halogenated alkanes) is 1. The number of carboxylic acid groups (broad SMARTS) is 1. The molecule has 0 atom stereocenters. The van der Waals surface area contributed by atoms with E-state index in [0.29, 0.717) is 35.4 Å². The van der Waals surface area contributed by atoms with Gasteiger partial charge in [0.25, 0.3) is 5.91 Å². The van der Waals surface area contributed by atoms with Gasteiger partial charge in [0, 0.05) is 24.4 Å². The lowest BCUT2D eigenvalue weighted by Gasteiger charge is -2.34. The second-order valence-electron chi connectivity index (χ2n) is 10.9. The molecule has 1 spiro atoms. The predicted molar refractivity (Wildman–Crippen MR) is 145 cm³/mol. The van der Waals surface area contributed by atoms with Gasteiger partial charge < -0.3 is 10.4 Å². The molecule has 2 fully saturated rings. The van der Waals surface area contributed by atoms with E-state index in [0.717, 1.165) is 24.6 Å².